The monoisotopic (exact) mass is 523 g/mol. The Bertz CT molecular complexity index is 1330. The van der Waals surface area contributed by atoms with Gasteiger partial charge in [0.05, 0.1) is 22.0 Å². The second-order valence-corrected chi connectivity index (χ2v) is 8.70. The van der Waals surface area contributed by atoms with Crippen molar-refractivity contribution in [2.75, 3.05) is 5.32 Å². The highest BCUT2D eigenvalue weighted by Crippen LogP contribution is 2.35. The summed E-state index contributed by atoms with van der Waals surface area (Å²) in [5, 5.41) is 7.08. The van der Waals surface area contributed by atoms with Crippen LogP contribution in [0.1, 0.15) is 56.2 Å². The number of benzene rings is 2. The van der Waals surface area contributed by atoms with Gasteiger partial charge in [-0.3, -0.25) is 9.59 Å². The molecule has 182 valence electrons. The van der Waals surface area contributed by atoms with Gasteiger partial charge in [0.1, 0.15) is 5.76 Å². The van der Waals surface area contributed by atoms with Crippen molar-refractivity contribution in [2.45, 2.75) is 32.4 Å². The summed E-state index contributed by atoms with van der Waals surface area (Å²) < 4.78 is 44.9. The molecule has 0 spiro atoms. The minimum absolute atomic E-state index is 0.0486. The third-order valence-electron chi connectivity index (χ3n) is 5.47. The number of alkyl halides is 3. The first-order valence-corrected chi connectivity index (χ1v) is 11.2. The van der Waals surface area contributed by atoms with E-state index in [1.54, 1.807) is 31.2 Å². The number of hydrazone groups is 1. The number of anilines is 1. The Hall–Kier alpha value is -3.30. The van der Waals surface area contributed by atoms with Gasteiger partial charge in [-0.05, 0) is 62.2 Å². The van der Waals surface area contributed by atoms with Gasteiger partial charge in [-0.15, -0.1) is 0 Å². The van der Waals surface area contributed by atoms with E-state index in [9.17, 15) is 22.8 Å². The van der Waals surface area contributed by atoms with Crippen LogP contribution >= 0.6 is 23.2 Å². The number of rotatable bonds is 4. The van der Waals surface area contributed by atoms with Crippen LogP contribution in [-0.2, 0) is 12.6 Å². The maximum Gasteiger partial charge on any atom is 0.416 e. The van der Waals surface area contributed by atoms with E-state index in [1.807, 2.05) is 0 Å². The van der Waals surface area contributed by atoms with Crippen molar-refractivity contribution in [2.24, 2.45) is 5.10 Å². The molecule has 0 aliphatic heterocycles. The maximum absolute atomic E-state index is 13.1. The van der Waals surface area contributed by atoms with E-state index in [4.69, 9.17) is 27.6 Å². The average Bonchev–Trinajstić information content (AvgIpc) is 3.16. The zero-order chi connectivity index (χ0) is 25.3. The van der Waals surface area contributed by atoms with Gasteiger partial charge in [-0.2, -0.15) is 18.3 Å². The Morgan fingerprint density at radius 3 is 2.43 bits per heavy atom. The zero-order valence-corrected chi connectivity index (χ0v) is 19.7. The lowest BCUT2D eigenvalue weighted by molar-refractivity contribution is -0.137. The minimum atomic E-state index is -4.59. The van der Waals surface area contributed by atoms with E-state index >= 15 is 0 Å². The van der Waals surface area contributed by atoms with Crippen LogP contribution in [0.25, 0.3) is 0 Å². The van der Waals surface area contributed by atoms with E-state index in [1.165, 1.54) is 0 Å². The van der Waals surface area contributed by atoms with E-state index < -0.39 is 23.6 Å². The quantitative estimate of drug-likeness (QED) is 0.376. The highest BCUT2D eigenvalue weighted by atomic mass is 35.5. The summed E-state index contributed by atoms with van der Waals surface area (Å²) >= 11 is 11.8. The van der Waals surface area contributed by atoms with Gasteiger partial charge >= 0.3 is 6.18 Å². The first kappa shape index (κ1) is 24.8. The van der Waals surface area contributed by atoms with Crippen molar-refractivity contribution in [3.63, 3.8) is 0 Å². The Labute approximate surface area is 208 Å². The molecule has 0 radical (unpaired) electrons. The molecule has 0 saturated carbocycles. The predicted molar refractivity (Wildman–Crippen MR) is 126 cm³/mol. The molecule has 3 aromatic rings. The summed E-state index contributed by atoms with van der Waals surface area (Å²) in [5.41, 5.74) is 3.32. The second kappa shape index (κ2) is 9.75. The van der Waals surface area contributed by atoms with Crippen LogP contribution in [0, 0.1) is 6.92 Å². The van der Waals surface area contributed by atoms with Gasteiger partial charge in [0.15, 0.2) is 5.76 Å². The number of amides is 2. The Kier molecular flexibility index (Phi) is 6.91. The molecule has 1 aliphatic carbocycles. The van der Waals surface area contributed by atoms with Crippen LogP contribution in [0.3, 0.4) is 0 Å². The molecule has 4 rings (SSSR count). The lowest BCUT2D eigenvalue weighted by Crippen LogP contribution is -2.22. The topological polar surface area (TPSA) is 83.7 Å². The summed E-state index contributed by atoms with van der Waals surface area (Å²) in [6.07, 6.45) is -2.84. The summed E-state index contributed by atoms with van der Waals surface area (Å²) in [6, 6.07) is 8.96. The Balaban J connectivity index is 1.58. The van der Waals surface area contributed by atoms with Gasteiger partial charge in [-0.1, -0.05) is 23.2 Å². The summed E-state index contributed by atoms with van der Waals surface area (Å²) in [4.78, 5) is 25.3. The number of aryl methyl sites for hydroxylation is 1. The van der Waals surface area contributed by atoms with E-state index in [0.717, 1.165) is 18.2 Å². The Morgan fingerprint density at radius 2 is 1.74 bits per heavy atom. The number of carbonyl (C=O) groups is 2. The van der Waals surface area contributed by atoms with Crippen molar-refractivity contribution in [3.05, 3.63) is 86.3 Å². The number of nitrogens with zero attached hydrogens (tertiary/aromatic N) is 1. The molecule has 0 atom stereocenters. The lowest BCUT2D eigenvalue weighted by atomic mass is 9.93. The van der Waals surface area contributed by atoms with Crippen molar-refractivity contribution < 1.29 is 27.2 Å². The van der Waals surface area contributed by atoms with E-state index in [0.29, 0.717) is 52.4 Å². The van der Waals surface area contributed by atoms with Gasteiger partial charge < -0.3 is 9.73 Å². The molecule has 6 nitrogen and oxygen atoms in total. The number of carbonyl (C=O) groups excluding carboxylic acids is 2. The third-order valence-corrected chi connectivity index (χ3v) is 6.05. The number of fused-ring (bicyclic) bond motifs is 1. The van der Waals surface area contributed by atoms with Crippen LogP contribution in [-0.4, -0.2) is 17.5 Å². The van der Waals surface area contributed by atoms with Crippen molar-refractivity contribution in [1.82, 2.24) is 5.43 Å². The third kappa shape index (κ3) is 5.36. The largest absolute Gasteiger partial charge is 0.455 e. The van der Waals surface area contributed by atoms with Crippen molar-refractivity contribution in [1.29, 1.82) is 0 Å². The molecule has 11 heteroatoms. The van der Waals surface area contributed by atoms with Crippen LogP contribution in [0.15, 0.2) is 52.0 Å². The maximum atomic E-state index is 13.1. The SMILES string of the molecule is Cc1c(C(=O)Nc2cc(C(F)(F)F)ccc2Cl)oc2c1/C(=N/NC(=O)c1ccc(Cl)cc1)CCC2. The molecule has 2 amide bonds. The molecule has 0 unspecified atom stereocenters. The minimum Gasteiger partial charge on any atom is -0.455 e. The predicted octanol–water partition coefficient (Wildman–Crippen LogP) is 6.64. The molecule has 2 N–H and O–H groups in total. The summed E-state index contributed by atoms with van der Waals surface area (Å²) in [7, 11) is 0. The first-order chi connectivity index (χ1) is 16.5. The fraction of sp³-hybridized carbons (Fsp3) is 0.208. The lowest BCUT2D eigenvalue weighted by Gasteiger charge is -2.13. The molecule has 0 saturated heterocycles. The standard InChI is InChI=1S/C24H18Cl2F3N3O3/c1-12-20-17(31-32-22(33)13-5-8-15(25)9-6-13)3-2-4-19(20)35-21(12)23(34)30-18-11-14(24(27,28)29)7-10-16(18)26/h5-11H,2-4H2,1H3,(H,30,34)(H,32,33)/b31-17+. The molecule has 1 aliphatic rings. The molecule has 0 fully saturated rings. The normalized spacial score (nSPS) is 14.5. The number of halogens is 5. The van der Waals surface area contributed by atoms with Crippen LogP contribution in [0.5, 0.6) is 0 Å². The van der Waals surface area contributed by atoms with E-state index in [2.05, 4.69) is 15.8 Å². The van der Waals surface area contributed by atoms with Crippen molar-refractivity contribution in [3.8, 4) is 0 Å². The highest BCUT2D eigenvalue weighted by molar-refractivity contribution is 6.34. The molecule has 1 aromatic heterocycles. The van der Waals surface area contributed by atoms with E-state index in [-0.39, 0.29) is 16.5 Å². The Morgan fingerprint density at radius 1 is 1.03 bits per heavy atom. The first-order valence-electron chi connectivity index (χ1n) is 10.5. The smallest absolute Gasteiger partial charge is 0.416 e. The van der Waals surface area contributed by atoms with Crippen LogP contribution < -0.4 is 10.7 Å². The fourth-order valence-corrected chi connectivity index (χ4v) is 4.05. The molecule has 0 bridgehead atoms. The number of hydrogen-bond donors (Lipinski definition) is 2. The van der Waals surface area contributed by atoms with Gasteiger partial charge in [0.2, 0.25) is 0 Å². The van der Waals surface area contributed by atoms with Crippen LogP contribution in [0.2, 0.25) is 10.0 Å². The van der Waals surface area contributed by atoms with Crippen molar-refractivity contribution >= 4 is 46.4 Å². The molecular formula is C24H18Cl2F3N3O3. The molecule has 2 aromatic carbocycles. The van der Waals surface area contributed by atoms with Crippen LogP contribution in [0.4, 0.5) is 18.9 Å². The number of hydrogen-bond acceptors (Lipinski definition) is 4. The van der Waals surface area contributed by atoms with Gasteiger partial charge in [-0.25, -0.2) is 5.43 Å². The molecule has 35 heavy (non-hydrogen) atoms. The number of furan rings is 1. The van der Waals surface area contributed by atoms with Gasteiger partial charge in [0.25, 0.3) is 11.8 Å². The average molecular weight is 524 g/mol. The second-order valence-electron chi connectivity index (χ2n) is 7.86. The summed E-state index contributed by atoms with van der Waals surface area (Å²) in [6.45, 7) is 1.65. The molecule has 1 heterocycles. The summed E-state index contributed by atoms with van der Waals surface area (Å²) in [5.74, 6) is -0.738. The zero-order valence-electron chi connectivity index (χ0n) is 18.2. The highest BCUT2D eigenvalue weighted by Gasteiger charge is 2.32. The fourth-order valence-electron chi connectivity index (χ4n) is 3.76. The number of nitrogens with one attached hydrogen (secondary N) is 2. The van der Waals surface area contributed by atoms with Gasteiger partial charge in [0, 0.05) is 28.1 Å². The molecular weight excluding hydrogens is 506 g/mol.